The normalized spacial score (nSPS) is 15.0. The fourth-order valence-corrected chi connectivity index (χ4v) is 3.85. The highest BCUT2D eigenvalue weighted by Gasteiger charge is 2.31. The van der Waals surface area contributed by atoms with E-state index in [-0.39, 0.29) is 17.5 Å². The van der Waals surface area contributed by atoms with Crippen molar-refractivity contribution in [1.29, 1.82) is 0 Å². The molecule has 1 N–H and O–H groups in total. The summed E-state index contributed by atoms with van der Waals surface area (Å²) in [5.74, 6) is -0.0874. The number of nitrogens with one attached hydrogen (secondary N) is 1. The number of halogens is 3. The number of amides is 1. The quantitative estimate of drug-likeness (QED) is 0.452. The molecule has 1 aliphatic heterocycles. The van der Waals surface area contributed by atoms with Crippen LogP contribution in [0.1, 0.15) is 40.4 Å². The zero-order valence-electron chi connectivity index (χ0n) is 16.8. The van der Waals surface area contributed by atoms with Gasteiger partial charge in [-0.1, -0.05) is 12.1 Å². The van der Waals surface area contributed by atoms with Crippen molar-refractivity contribution in [1.82, 2.24) is 15.1 Å². The molecule has 0 atom stereocenters. The Hall–Kier alpha value is -3.69. The van der Waals surface area contributed by atoms with E-state index in [0.717, 1.165) is 17.8 Å². The second kappa shape index (κ2) is 8.45. The standard InChI is InChI=1S/C22H19F3N4O3/c23-22(24,25)17-3-1-2-16(12-17)20-13-19(26-27-20)14-8-10-28(11-9-14)21(30)15-4-6-18(7-5-15)29(31)32/h1-7,12-14H,8-11H2,(H,26,27). The Morgan fingerprint density at radius 1 is 1.09 bits per heavy atom. The van der Waals surface area contributed by atoms with Gasteiger partial charge in [0.05, 0.1) is 16.2 Å². The Morgan fingerprint density at radius 3 is 2.41 bits per heavy atom. The molecule has 1 aromatic heterocycles. The first-order valence-electron chi connectivity index (χ1n) is 9.99. The maximum absolute atomic E-state index is 13.0. The average Bonchev–Trinajstić information content (AvgIpc) is 3.29. The number of aromatic amines is 1. The largest absolute Gasteiger partial charge is 0.416 e. The first-order chi connectivity index (χ1) is 15.2. The fraction of sp³-hybridized carbons (Fsp3) is 0.273. The molecule has 0 spiro atoms. The third-order valence-electron chi connectivity index (χ3n) is 5.63. The Kier molecular flexibility index (Phi) is 5.68. The van der Waals surface area contributed by atoms with Crippen LogP contribution >= 0.6 is 0 Å². The number of carbonyl (C=O) groups is 1. The molecule has 4 rings (SSSR count). The molecule has 0 saturated carbocycles. The lowest BCUT2D eigenvalue weighted by molar-refractivity contribution is -0.384. The van der Waals surface area contributed by atoms with Crippen LogP contribution in [0.2, 0.25) is 0 Å². The first-order valence-corrected chi connectivity index (χ1v) is 9.99. The molecular formula is C22H19F3N4O3. The van der Waals surface area contributed by atoms with Crippen LogP contribution in [0.4, 0.5) is 18.9 Å². The summed E-state index contributed by atoms with van der Waals surface area (Å²) in [6, 6.07) is 12.3. The van der Waals surface area contributed by atoms with Crippen molar-refractivity contribution < 1.29 is 22.9 Å². The second-order valence-corrected chi connectivity index (χ2v) is 7.66. The summed E-state index contributed by atoms with van der Waals surface area (Å²) < 4.78 is 38.9. The average molecular weight is 444 g/mol. The number of nitrogens with zero attached hydrogens (tertiary/aromatic N) is 3. The van der Waals surface area contributed by atoms with Crippen molar-refractivity contribution in [3.8, 4) is 11.3 Å². The molecule has 0 aliphatic carbocycles. The minimum Gasteiger partial charge on any atom is -0.339 e. The zero-order chi connectivity index (χ0) is 22.9. The summed E-state index contributed by atoms with van der Waals surface area (Å²) in [6.07, 6.45) is -3.08. The van der Waals surface area contributed by atoms with E-state index in [2.05, 4.69) is 10.2 Å². The van der Waals surface area contributed by atoms with Crippen LogP contribution in [0.25, 0.3) is 11.3 Å². The molecule has 1 aliphatic rings. The molecule has 32 heavy (non-hydrogen) atoms. The van der Waals surface area contributed by atoms with Gasteiger partial charge in [-0.05, 0) is 43.2 Å². The SMILES string of the molecule is O=C(c1ccc([N+](=O)[O-])cc1)N1CCC(c2cc(-c3cccc(C(F)(F)F)c3)n[nH]2)CC1. The van der Waals surface area contributed by atoms with Gasteiger partial charge in [-0.25, -0.2) is 0 Å². The van der Waals surface area contributed by atoms with Crippen LogP contribution in [0.15, 0.2) is 54.6 Å². The van der Waals surface area contributed by atoms with Crippen molar-refractivity contribution in [2.45, 2.75) is 24.9 Å². The number of carbonyl (C=O) groups excluding carboxylic acids is 1. The Balaban J connectivity index is 1.40. The third kappa shape index (κ3) is 4.48. The van der Waals surface area contributed by atoms with E-state index >= 15 is 0 Å². The van der Waals surface area contributed by atoms with Gasteiger partial charge in [-0.2, -0.15) is 18.3 Å². The van der Waals surface area contributed by atoms with Crippen molar-refractivity contribution in [2.24, 2.45) is 0 Å². The van der Waals surface area contributed by atoms with E-state index in [4.69, 9.17) is 0 Å². The van der Waals surface area contributed by atoms with Gasteiger partial charge in [0.2, 0.25) is 0 Å². The fourth-order valence-electron chi connectivity index (χ4n) is 3.85. The maximum atomic E-state index is 13.0. The molecule has 1 fully saturated rings. The number of nitro groups is 1. The molecule has 2 heterocycles. The van der Waals surface area contributed by atoms with Gasteiger partial charge in [0.1, 0.15) is 0 Å². The first kappa shape index (κ1) is 21.5. The van der Waals surface area contributed by atoms with Gasteiger partial charge >= 0.3 is 6.18 Å². The van der Waals surface area contributed by atoms with Gasteiger partial charge in [-0.3, -0.25) is 20.0 Å². The zero-order valence-corrected chi connectivity index (χ0v) is 16.8. The number of alkyl halides is 3. The van der Waals surface area contributed by atoms with E-state index in [1.54, 1.807) is 17.0 Å². The number of rotatable bonds is 4. The molecule has 10 heteroatoms. The maximum Gasteiger partial charge on any atom is 0.416 e. The summed E-state index contributed by atoms with van der Waals surface area (Å²) in [6.45, 7) is 0.997. The lowest BCUT2D eigenvalue weighted by atomic mass is 9.92. The molecular weight excluding hydrogens is 425 g/mol. The van der Waals surface area contributed by atoms with Crippen LogP contribution in [-0.4, -0.2) is 39.0 Å². The Labute approximate surface area is 181 Å². The van der Waals surface area contributed by atoms with Gasteiger partial charge in [0.25, 0.3) is 11.6 Å². The smallest absolute Gasteiger partial charge is 0.339 e. The lowest BCUT2D eigenvalue weighted by Crippen LogP contribution is -2.38. The number of hydrogen-bond acceptors (Lipinski definition) is 4. The van der Waals surface area contributed by atoms with Crippen LogP contribution in [0.5, 0.6) is 0 Å². The van der Waals surface area contributed by atoms with Gasteiger partial charge in [-0.15, -0.1) is 0 Å². The van der Waals surface area contributed by atoms with Crippen molar-refractivity contribution in [2.75, 3.05) is 13.1 Å². The molecule has 7 nitrogen and oxygen atoms in total. The monoisotopic (exact) mass is 444 g/mol. The molecule has 0 bridgehead atoms. The van der Waals surface area contributed by atoms with Gasteiger partial charge < -0.3 is 4.90 Å². The molecule has 1 saturated heterocycles. The van der Waals surface area contributed by atoms with Crippen LogP contribution in [-0.2, 0) is 6.18 Å². The van der Waals surface area contributed by atoms with Crippen molar-refractivity contribution >= 4 is 11.6 Å². The summed E-state index contributed by atoms with van der Waals surface area (Å²) in [7, 11) is 0. The molecule has 0 unspecified atom stereocenters. The van der Waals surface area contributed by atoms with E-state index in [1.807, 2.05) is 0 Å². The highest BCUT2D eigenvalue weighted by molar-refractivity contribution is 5.94. The van der Waals surface area contributed by atoms with E-state index in [0.29, 0.717) is 42.8 Å². The number of benzene rings is 2. The van der Waals surface area contributed by atoms with E-state index < -0.39 is 16.7 Å². The number of hydrogen-bond donors (Lipinski definition) is 1. The summed E-state index contributed by atoms with van der Waals surface area (Å²) in [4.78, 5) is 24.6. The van der Waals surface area contributed by atoms with Gasteiger partial charge in [0, 0.05) is 48.0 Å². The lowest BCUT2D eigenvalue weighted by Gasteiger charge is -2.31. The summed E-state index contributed by atoms with van der Waals surface area (Å²) in [5, 5.41) is 17.9. The molecule has 0 radical (unpaired) electrons. The summed E-state index contributed by atoms with van der Waals surface area (Å²) >= 11 is 0. The highest BCUT2D eigenvalue weighted by atomic mass is 19.4. The molecule has 1 amide bonds. The van der Waals surface area contributed by atoms with Crippen LogP contribution < -0.4 is 0 Å². The number of piperidine rings is 1. The topological polar surface area (TPSA) is 92.1 Å². The highest BCUT2D eigenvalue weighted by Crippen LogP contribution is 2.33. The molecule has 2 aromatic carbocycles. The number of aromatic nitrogens is 2. The van der Waals surface area contributed by atoms with Crippen LogP contribution in [0.3, 0.4) is 0 Å². The molecule has 166 valence electrons. The van der Waals surface area contributed by atoms with Gasteiger partial charge in [0.15, 0.2) is 0 Å². The number of nitro benzene ring substituents is 1. The van der Waals surface area contributed by atoms with Crippen molar-refractivity contribution in [3.05, 3.63) is 81.5 Å². The number of H-pyrrole nitrogens is 1. The minimum absolute atomic E-state index is 0.0731. The Morgan fingerprint density at radius 2 is 1.78 bits per heavy atom. The van der Waals surface area contributed by atoms with E-state index in [1.165, 1.54) is 30.3 Å². The van der Waals surface area contributed by atoms with E-state index in [9.17, 15) is 28.1 Å². The van der Waals surface area contributed by atoms with Crippen molar-refractivity contribution in [3.63, 3.8) is 0 Å². The summed E-state index contributed by atoms with van der Waals surface area (Å²) in [5.41, 5.74) is 1.24. The molecule has 3 aromatic rings. The number of likely N-dealkylation sites (tertiary alicyclic amines) is 1. The predicted molar refractivity (Wildman–Crippen MR) is 110 cm³/mol. The number of non-ortho nitro benzene ring substituents is 1. The minimum atomic E-state index is -4.42. The second-order valence-electron chi connectivity index (χ2n) is 7.66. The Bertz CT molecular complexity index is 1130. The van der Waals surface area contributed by atoms with Crippen LogP contribution in [0, 0.1) is 10.1 Å². The predicted octanol–water partition coefficient (Wildman–Crippen LogP) is 5.02. The third-order valence-corrected chi connectivity index (χ3v) is 5.63.